The number of non-ortho nitro benzene ring substituents is 1. The fourth-order valence-electron chi connectivity index (χ4n) is 3.24. The van der Waals surface area contributed by atoms with Gasteiger partial charge in [-0.1, -0.05) is 35.1 Å². The lowest BCUT2D eigenvalue weighted by Gasteiger charge is -2.34. The summed E-state index contributed by atoms with van der Waals surface area (Å²) in [6, 6.07) is 12.0. The normalized spacial score (nSPS) is 15.1. The number of nitrogens with zero attached hydrogens (tertiary/aromatic N) is 4. The number of piperazine rings is 1. The van der Waals surface area contributed by atoms with Crippen molar-refractivity contribution in [3.8, 4) is 0 Å². The van der Waals surface area contributed by atoms with Crippen LogP contribution in [0.1, 0.15) is 5.56 Å². The first-order valence-corrected chi connectivity index (χ1v) is 10.00. The monoisotopic (exact) mass is 416 g/mol. The van der Waals surface area contributed by atoms with Gasteiger partial charge < -0.3 is 4.90 Å². The van der Waals surface area contributed by atoms with Crippen LogP contribution in [0.4, 0.5) is 10.8 Å². The lowest BCUT2D eigenvalue weighted by Crippen LogP contribution is -2.46. The Morgan fingerprint density at radius 2 is 1.82 bits per heavy atom. The Kier molecular flexibility index (Phi) is 5.25. The molecule has 2 aromatic carbocycles. The summed E-state index contributed by atoms with van der Waals surface area (Å²) < 4.78 is 0.882. The molecule has 0 bridgehead atoms. The van der Waals surface area contributed by atoms with Crippen LogP contribution < -0.4 is 10.5 Å². The summed E-state index contributed by atoms with van der Waals surface area (Å²) in [5.74, 6) is 0. The number of halogens is 1. The zero-order valence-corrected chi connectivity index (χ0v) is 16.4. The van der Waals surface area contributed by atoms with Crippen LogP contribution in [-0.4, -0.2) is 41.0 Å². The lowest BCUT2D eigenvalue weighted by atomic mass is 10.2. The number of aromatic nitrogens is 1. The number of nitro benzene ring substituents is 1. The van der Waals surface area contributed by atoms with Gasteiger partial charge in [-0.2, -0.15) is 4.98 Å². The van der Waals surface area contributed by atoms with Gasteiger partial charge in [0.25, 0.3) is 11.2 Å². The van der Waals surface area contributed by atoms with E-state index in [4.69, 9.17) is 11.6 Å². The molecule has 0 amide bonds. The van der Waals surface area contributed by atoms with E-state index in [0.29, 0.717) is 10.4 Å². The SMILES string of the molecule is O=c1nc(N2CCN(Cc3ccc([N+](=O)[O-])cc3)CC2)sc2ccc(Cl)cc12. The Labute approximate surface area is 169 Å². The fourth-order valence-corrected chi connectivity index (χ4v) is 4.44. The van der Waals surface area contributed by atoms with Crippen molar-refractivity contribution in [2.24, 2.45) is 0 Å². The highest BCUT2D eigenvalue weighted by molar-refractivity contribution is 7.21. The van der Waals surface area contributed by atoms with Crippen molar-refractivity contribution >= 4 is 43.8 Å². The lowest BCUT2D eigenvalue weighted by molar-refractivity contribution is -0.384. The molecule has 0 atom stereocenters. The van der Waals surface area contributed by atoms with E-state index in [1.54, 1.807) is 24.3 Å². The maximum atomic E-state index is 12.3. The molecule has 1 aromatic heterocycles. The number of rotatable bonds is 4. The van der Waals surface area contributed by atoms with Crippen LogP contribution >= 0.6 is 22.9 Å². The first-order chi connectivity index (χ1) is 13.5. The molecule has 1 aliphatic rings. The van der Waals surface area contributed by atoms with E-state index >= 15 is 0 Å². The third-order valence-electron chi connectivity index (χ3n) is 4.77. The van der Waals surface area contributed by atoms with Crippen LogP contribution in [0.2, 0.25) is 5.02 Å². The van der Waals surface area contributed by atoms with Crippen LogP contribution in [-0.2, 0) is 6.54 Å². The molecule has 0 spiro atoms. The molecule has 28 heavy (non-hydrogen) atoms. The Hall–Kier alpha value is -2.55. The molecule has 3 aromatic rings. The van der Waals surface area contributed by atoms with Gasteiger partial charge in [0.05, 0.1) is 10.3 Å². The number of nitro groups is 1. The quantitative estimate of drug-likeness (QED) is 0.478. The zero-order valence-electron chi connectivity index (χ0n) is 14.9. The summed E-state index contributed by atoms with van der Waals surface area (Å²) in [4.78, 5) is 31.4. The summed E-state index contributed by atoms with van der Waals surface area (Å²) in [6.45, 7) is 3.95. The van der Waals surface area contributed by atoms with E-state index in [-0.39, 0.29) is 11.2 Å². The highest BCUT2D eigenvalue weighted by Gasteiger charge is 2.20. The fraction of sp³-hybridized carbons (Fsp3) is 0.263. The van der Waals surface area contributed by atoms with E-state index in [2.05, 4.69) is 14.8 Å². The van der Waals surface area contributed by atoms with Crippen molar-refractivity contribution in [1.29, 1.82) is 0 Å². The first-order valence-electron chi connectivity index (χ1n) is 8.81. The molecule has 9 heteroatoms. The van der Waals surface area contributed by atoms with Crippen LogP contribution in [0.15, 0.2) is 47.3 Å². The van der Waals surface area contributed by atoms with Gasteiger partial charge in [-0.15, -0.1) is 0 Å². The Balaban J connectivity index is 1.42. The third-order valence-corrected chi connectivity index (χ3v) is 6.11. The molecular weight excluding hydrogens is 400 g/mol. The summed E-state index contributed by atoms with van der Waals surface area (Å²) in [5.41, 5.74) is 0.899. The van der Waals surface area contributed by atoms with Gasteiger partial charge in [-0.3, -0.25) is 19.8 Å². The van der Waals surface area contributed by atoms with Crippen molar-refractivity contribution in [3.05, 3.63) is 73.5 Å². The summed E-state index contributed by atoms with van der Waals surface area (Å²) in [7, 11) is 0. The number of hydrogen-bond acceptors (Lipinski definition) is 7. The molecule has 1 fully saturated rings. The van der Waals surface area contributed by atoms with E-state index in [1.165, 1.54) is 23.5 Å². The predicted molar refractivity (Wildman–Crippen MR) is 111 cm³/mol. The Morgan fingerprint density at radius 3 is 2.50 bits per heavy atom. The maximum Gasteiger partial charge on any atom is 0.281 e. The minimum Gasteiger partial charge on any atom is -0.345 e. The minimum atomic E-state index is -0.390. The molecule has 7 nitrogen and oxygen atoms in total. The number of fused-ring (bicyclic) bond motifs is 1. The second-order valence-electron chi connectivity index (χ2n) is 6.63. The maximum absolute atomic E-state index is 12.3. The van der Waals surface area contributed by atoms with Crippen LogP contribution in [0.5, 0.6) is 0 Å². The summed E-state index contributed by atoms with van der Waals surface area (Å²) >= 11 is 7.47. The van der Waals surface area contributed by atoms with Gasteiger partial charge in [-0.05, 0) is 23.8 Å². The second kappa shape index (κ2) is 7.83. The van der Waals surface area contributed by atoms with Crippen molar-refractivity contribution in [1.82, 2.24) is 9.88 Å². The molecule has 0 N–H and O–H groups in total. The van der Waals surface area contributed by atoms with Gasteiger partial charge in [0.15, 0.2) is 5.13 Å². The Bertz CT molecular complexity index is 1080. The van der Waals surface area contributed by atoms with Crippen molar-refractivity contribution < 1.29 is 4.92 Å². The summed E-state index contributed by atoms with van der Waals surface area (Å²) in [6.07, 6.45) is 0. The number of anilines is 1. The summed E-state index contributed by atoms with van der Waals surface area (Å²) in [5, 5.41) is 12.6. The molecule has 0 radical (unpaired) electrons. The van der Waals surface area contributed by atoms with E-state index < -0.39 is 4.92 Å². The highest BCUT2D eigenvalue weighted by atomic mass is 35.5. The van der Waals surface area contributed by atoms with E-state index in [0.717, 1.165) is 48.1 Å². The molecular formula is C19H17ClN4O3S. The molecule has 2 heterocycles. The first kappa shape index (κ1) is 18.8. The van der Waals surface area contributed by atoms with E-state index in [1.807, 2.05) is 6.07 Å². The minimum absolute atomic E-state index is 0.104. The zero-order chi connectivity index (χ0) is 19.7. The van der Waals surface area contributed by atoms with Crippen LogP contribution in [0.25, 0.3) is 10.1 Å². The average Bonchev–Trinajstić information content (AvgIpc) is 2.69. The molecule has 4 rings (SSSR count). The van der Waals surface area contributed by atoms with Crippen LogP contribution in [0.3, 0.4) is 0 Å². The van der Waals surface area contributed by atoms with Gasteiger partial charge >= 0.3 is 0 Å². The van der Waals surface area contributed by atoms with Crippen molar-refractivity contribution in [2.75, 3.05) is 31.1 Å². The van der Waals surface area contributed by atoms with E-state index in [9.17, 15) is 14.9 Å². The molecule has 1 saturated heterocycles. The molecule has 0 unspecified atom stereocenters. The van der Waals surface area contributed by atoms with Gasteiger partial charge in [0.1, 0.15) is 0 Å². The Morgan fingerprint density at radius 1 is 1.11 bits per heavy atom. The molecule has 0 saturated carbocycles. The van der Waals surface area contributed by atoms with Crippen LogP contribution in [0, 0.1) is 10.1 Å². The third kappa shape index (κ3) is 3.99. The van der Waals surface area contributed by atoms with Gasteiger partial charge in [0, 0.05) is 54.6 Å². The standard InChI is InChI=1S/C19H17ClN4O3S/c20-14-3-6-17-16(11-14)18(25)21-19(28-17)23-9-7-22(8-10-23)12-13-1-4-15(5-2-13)24(26)27/h1-6,11H,7-10,12H2. The predicted octanol–water partition coefficient (Wildman–Crippen LogP) is 3.54. The topological polar surface area (TPSA) is 79.6 Å². The molecule has 144 valence electrons. The molecule has 0 aliphatic carbocycles. The van der Waals surface area contributed by atoms with Crippen molar-refractivity contribution in [3.63, 3.8) is 0 Å². The number of benzene rings is 2. The second-order valence-corrected chi connectivity index (χ2v) is 8.07. The van der Waals surface area contributed by atoms with Gasteiger partial charge in [0.2, 0.25) is 0 Å². The smallest absolute Gasteiger partial charge is 0.281 e. The average molecular weight is 417 g/mol. The highest BCUT2D eigenvalue weighted by Crippen LogP contribution is 2.27. The molecule has 1 aliphatic heterocycles. The van der Waals surface area contributed by atoms with Gasteiger partial charge in [-0.25, -0.2) is 0 Å². The number of hydrogen-bond donors (Lipinski definition) is 0. The largest absolute Gasteiger partial charge is 0.345 e. The van der Waals surface area contributed by atoms with Crippen molar-refractivity contribution in [2.45, 2.75) is 6.54 Å².